The van der Waals surface area contributed by atoms with Crippen LogP contribution in [0.1, 0.15) is 10.4 Å². The molecule has 0 aromatic heterocycles. The maximum atomic E-state index is 13.6. The average Bonchev–Trinajstić information content (AvgIpc) is 2.50. The second-order valence-electron chi connectivity index (χ2n) is 5.35. The van der Waals surface area contributed by atoms with Crippen LogP contribution in [0.5, 0.6) is 0 Å². The molecule has 22 heavy (non-hydrogen) atoms. The van der Waals surface area contributed by atoms with Crippen molar-refractivity contribution >= 4 is 5.91 Å². The van der Waals surface area contributed by atoms with Crippen LogP contribution in [0.25, 0.3) is 0 Å². The third-order valence-corrected chi connectivity index (χ3v) is 3.59. The van der Waals surface area contributed by atoms with E-state index in [0.717, 1.165) is 19.2 Å². The molecule has 0 aliphatic carbocycles. The molecular formula is C15H20F2N2O3. The highest BCUT2D eigenvalue weighted by atomic mass is 19.2. The van der Waals surface area contributed by atoms with Gasteiger partial charge < -0.3 is 14.7 Å². The van der Waals surface area contributed by atoms with Gasteiger partial charge in [0.1, 0.15) is 0 Å². The summed E-state index contributed by atoms with van der Waals surface area (Å²) in [7, 11) is 1.45. The zero-order chi connectivity index (χ0) is 16.1. The van der Waals surface area contributed by atoms with E-state index in [1.54, 1.807) is 0 Å². The lowest BCUT2D eigenvalue weighted by molar-refractivity contribution is 0.00874. The minimum absolute atomic E-state index is 0.0478. The lowest BCUT2D eigenvalue weighted by Crippen LogP contribution is -2.45. The molecule has 7 heteroatoms. The summed E-state index contributed by atoms with van der Waals surface area (Å²) in [6.45, 7) is 3.16. The Morgan fingerprint density at radius 1 is 1.41 bits per heavy atom. The fraction of sp³-hybridized carbons (Fsp3) is 0.533. The fourth-order valence-electron chi connectivity index (χ4n) is 2.41. The van der Waals surface area contributed by atoms with E-state index in [2.05, 4.69) is 0 Å². The number of hydrogen-bond donors (Lipinski definition) is 1. The van der Waals surface area contributed by atoms with Gasteiger partial charge in [0.05, 0.1) is 24.9 Å². The first kappa shape index (κ1) is 16.8. The molecule has 1 amide bonds. The van der Waals surface area contributed by atoms with Gasteiger partial charge >= 0.3 is 0 Å². The Hall–Kier alpha value is -1.57. The SMILES string of the molecule is CN(CC(O)CN1CCOCC1)C(=O)c1cccc(F)c1F. The molecule has 1 fully saturated rings. The van der Waals surface area contributed by atoms with Gasteiger partial charge in [0, 0.05) is 33.2 Å². The van der Waals surface area contributed by atoms with Crippen molar-refractivity contribution in [3.8, 4) is 0 Å². The molecule has 1 aliphatic heterocycles. The highest BCUT2D eigenvalue weighted by molar-refractivity contribution is 5.94. The van der Waals surface area contributed by atoms with Gasteiger partial charge in [-0.3, -0.25) is 9.69 Å². The average molecular weight is 314 g/mol. The summed E-state index contributed by atoms with van der Waals surface area (Å²) in [5.74, 6) is -2.88. The van der Waals surface area contributed by atoms with Crippen LogP contribution >= 0.6 is 0 Å². The van der Waals surface area contributed by atoms with Crippen molar-refractivity contribution in [2.75, 3.05) is 46.4 Å². The number of halogens is 2. The number of carbonyl (C=O) groups is 1. The van der Waals surface area contributed by atoms with E-state index in [9.17, 15) is 18.7 Å². The summed E-state index contributed by atoms with van der Waals surface area (Å²) in [6.07, 6.45) is -0.760. The van der Waals surface area contributed by atoms with Gasteiger partial charge in [0.2, 0.25) is 0 Å². The molecule has 0 bridgehead atoms. The van der Waals surface area contributed by atoms with Crippen molar-refractivity contribution in [2.24, 2.45) is 0 Å². The van der Waals surface area contributed by atoms with Crippen LogP contribution in [0, 0.1) is 11.6 Å². The van der Waals surface area contributed by atoms with E-state index in [1.165, 1.54) is 24.1 Å². The molecule has 1 aliphatic rings. The lowest BCUT2D eigenvalue weighted by atomic mass is 10.1. The van der Waals surface area contributed by atoms with E-state index in [4.69, 9.17) is 4.74 Å². The number of benzene rings is 1. The molecule has 1 heterocycles. The molecule has 1 saturated heterocycles. The maximum absolute atomic E-state index is 13.6. The van der Waals surface area contributed by atoms with Gasteiger partial charge in [-0.15, -0.1) is 0 Å². The van der Waals surface area contributed by atoms with Gasteiger partial charge in [-0.25, -0.2) is 8.78 Å². The Kier molecular flexibility index (Phi) is 5.82. The second kappa shape index (κ2) is 7.62. The Bertz CT molecular complexity index is 522. The van der Waals surface area contributed by atoms with Crippen LogP contribution in [0.3, 0.4) is 0 Å². The normalized spacial score (nSPS) is 17.3. The first-order chi connectivity index (χ1) is 10.5. The summed E-state index contributed by atoms with van der Waals surface area (Å²) < 4.78 is 32.0. The topological polar surface area (TPSA) is 53.0 Å². The van der Waals surface area contributed by atoms with Crippen LogP contribution in [0.4, 0.5) is 8.78 Å². The molecule has 1 atom stereocenters. The maximum Gasteiger partial charge on any atom is 0.256 e. The van der Waals surface area contributed by atoms with Crippen molar-refractivity contribution in [2.45, 2.75) is 6.10 Å². The number of amides is 1. The minimum atomic E-state index is -1.16. The number of carbonyl (C=O) groups excluding carboxylic acids is 1. The van der Waals surface area contributed by atoms with Crippen molar-refractivity contribution in [1.29, 1.82) is 0 Å². The van der Waals surface area contributed by atoms with Crippen LogP contribution < -0.4 is 0 Å². The Morgan fingerprint density at radius 2 is 2.09 bits per heavy atom. The molecule has 5 nitrogen and oxygen atoms in total. The quantitative estimate of drug-likeness (QED) is 0.870. The summed E-state index contributed by atoms with van der Waals surface area (Å²) in [5, 5.41) is 10.0. The predicted octanol–water partition coefficient (Wildman–Crippen LogP) is 0.730. The van der Waals surface area contributed by atoms with Gasteiger partial charge in [-0.05, 0) is 12.1 Å². The van der Waals surface area contributed by atoms with Crippen LogP contribution in [0.15, 0.2) is 18.2 Å². The van der Waals surface area contributed by atoms with Gasteiger partial charge in [-0.1, -0.05) is 6.07 Å². The number of rotatable bonds is 5. The number of nitrogens with zero attached hydrogens (tertiary/aromatic N) is 2. The van der Waals surface area contributed by atoms with Crippen LogP contribution in [0.2, 0.25) is 0 Å². The van der Waals surface area contributed by atoms with Gasteiger partial charge in [0.25, 0.3) is 5.91 Å². The molecule has 1 unspecified atom stereocenters. The Balaban J connectivity index is 1.91. The molecule has 1 N–H and O–H groups in total. The van der Waals surface area contributed by atoms with Gasteiger partial charge in [0.15, 0.2) is 11.6 Å². The molecule has 122 valence electrons. The highest BCUT2D eigenvalue weighted by Crippen LogP contribution is 2.13. The van der Waals surface area contributed by atoms with E-state index < -0.39 is 23.6 Å². The molecule has 2 rings (SSSR count). The number of β-amino-alcohol motifs (C(OH)–C–C–N with tert-alkyl or cyclic N) is 1. The number of ether oxygens (including phenoxy) is 1. The summed E-state index contributed by atoms with van der Waals surface area (Å²) >= 11 is 0. The Labute approximate surface area is 128 Å². The number of hydrogen-bond acceptors (Lipinski definition) is 4. The summed E-state index contributed by atoms with van der Waals surface area (Å²) in [6, 6.07) is 3.47. The number of likely N-dealkylation sites (N-methyl/N-ethyl adjacent to an activating group) is 1. The van der Waals surface area contributed by atoms with Crippen molar-refractivity contribution in [3.05, 3.63) is 35.4 Å². The predicted molar refractivity (Wildman–Crippen MR) is 76.6 cm³/mol. The number of aliphatic hydroxyl groups excluding tert-OH is 1. The monoisotopic (exact) mass is 314 g/mol. The minimum Gasteiger partial charge on any atom is -0.390 e. The van der Waals surface area contributed by atoms with Crippen molar-refractivity contribution in [3.63, 3.8) is 0 Å². The Morgan fingerprint density at radius 3 is 2.77 bits per heavy atom. The largest absolute Gasteiger partial charge is 0.390 e. The van der Waals surface area contributed by atoms with Crippen LogP contribution in [-0.4, -0.2) is 73.4 Å². The van der Waals surface area contributed by atoms with Crippen molar-refractivity contribution < 1.29 is 23.4 Å². The van der Waals surface area contributed by atoms with Gasteiger partial charge in [-0.2, -0.15) is 0 Å². The second-order valence-corrected chi connectivity index (χ2v) is 5.35. The zero-order valence-electron chi connectivity index (χ0n) is 12.5. The number of morpholine rings is 1. The fourth-order valence-corrected chi connectivity index (χ4v) is 2.41. The van der Waals surface area contributed by atoms with E-state index >= 15 is 0 Å². The molecular weight excluding hydrogens is 294 g/mol. The summed E-state index contributed by atoms with van der Waals surface area (Å²) in [4.78, 5) is 15.4. The third kappa shape index (κ3) is 4.22. The molecule has 0 saturated carbocycles. The lowest BCUT2D eigenvalue weighted by Gasteiger charge is -2.30. The van der Waals surface area contributed by atoms with Crippen molar-refractivity contribution in [1.82, 2.24) is 9.80 Å². The molecule has 1 aromatic rings. The van der Waals surface area contributed by atoms with E-state index in [-0.39, 0.29) is 12.1 Å². The molecule has 0 spiro atoms. The highest BCUT2D eigenvalue weighted by Gasteiger charge is 2.22. The smallest absolute Gasteiger partial charge is 0.256 e. The first-order valence-electron chi connectivity index (χ1n) is 7.16. The van der Waals surface area contributed by atoms with E-state index in [1.807, 2.05) is 4.90 Å². The molecule has 0 radical (unpaired) electrons. The number of aliphatic hydroxyl groups is 1. The standard InChI is InChI=1S/C15H20F2N2O3/c1-18(9-11(20)10-19-5-7-22-8-6-19)15(21)12-3-2-4-13(16)14(12)17/h2-4,11,20H,5-10H2,1H3. The van der Waals surface area contributed by atoms with Crippen LogP contribution in [-0.2, 0) is 4.74 Å². The third-order valence-electron chi connectivity index (χ3n) is 3.59. The molecule has 1 aromatic carbocycles. The summed E-state index contributed by atoms with van der Waals surface area (Å²) in [5.41, 5.74) is -0.332. The van der Waals surface area contributed by atoms with E-state index in [0.29, 0.717) is 19.8 Å². The zero-order valence-corrected chi connectivity index (χ0v) is 12.5. The first-order valence-corrected chi connectivity index (χ1v) is 7.16.